The highest BCUT2D eigenvalue weighted by Crippen LogP contribution is 2.25. The second-order valence-corrected chi connectivity index (χ2v) is 8.32. The number of amides is 1. The maximum Gasteiger partial charge on any atom is 0.243 e. The highest BCUT2D eigenvalue weighted by molar-refractivity contribution is 7.89. The number of hydrogen-bond acceptors (Lipinski definition) is 4. The first-order valence-electron chi connectivity index (χ1n) is 8.34. The lowest BCUT2D eigenvalue weighted by Gasteiger charge is -2.35. The summed E-state index contributed by atoms with van der Waals surface area (Å²) in [6, 6.07) is 8.33. The van der Waals surface area contributed by atoms with Crippen molar-refractivity contribution < 1.29 is 18.0 Å². The molecule has 0 aliphatic carbocycles. The Hall–Kier alpha value is -1.73. The summed E-state index contributed by atoms with van der Waals surface area (Å²) in [5.41, 5.74) is 0. The van der Waals surface area contributed by atoms with E-state index in [0.717, 1.165) is 0 Å². The van der Waals surface area contributed by atoms with Gasteiger partial charge in [0.05, 0.1) is 10.8 Å². The summed E-state index contributed by atoms with van der Waals surface area (Å²) in [5, 5.41) is 0. The minimum atomic E-state index is -3.56. The molecule has 1 amide bonds. The Morgan fingerprint density at radius 1 is 1.04 bits per heavy atom. The Bertz CT molecular complexity index is 707. The maximum atomic E-state index is 12.7. The fourth-order valence-electron chi connectivity index (χ4n) is 3.34. The van der Waals surface area contributed by atoms with E-state index in [4.69, 9.17) is 0 Å². The summed E-state index contributed by atoms with van der Waals surface area (Å²) < 4.78 is 26.9. The molecule has 2 aliphatic rings. The fraction of sp³-hybridized carbons (Fsp3) is 0.529. The Morgan fingerprint density at radius 3 is 2.38 bits per heavy atom. The molecule has 2 saturated heterocycles. The number of ketones is 1. The van der Waals surface area contributed by atoms with Crippen LogP contribution < -0.4 is 0 Å². The molecule has 130 valence electrons. The van der Waals surface area contributed by atoms with Gasteiger partial charge in [-0.3, -0.25) is 9.59 Å². The molecule has 0 saturated carbocycles. The molecule has 2 aliphatic heterocycles. The van der Waals surface area contributed by atoms with Crippen LogP contribution in [-0.4, -0.2) is 55.5 Å². The van der Waals surface area contributed by atoms with Gasteiger partial charge in [0.25, 0.3) is 0 Å². The Balaban J connectivity index is 1.70. The number of Topliss-reactive ketones (excluding diaryl/α,β-unsaturated/α-hetero) is 1. The smallest absolute Gasteiger partial charge is 0.243 e. The zero-order valence-corrected chi connectivity index (χ0v) is 14.4. The Kier molecular flexibility index (Phi) is 5.01. The molecule has 1 atom stereocenters. The molecule has 3 rings (SSSR count). The molecular weight excluding hydrogens is 328 g/mol. The average molecular weight is 350 g/mol. The number of carbonyl (C=O) groups excluding carboxylic acids is 2. The van der Waals surface area contributed by atoms with Crippen molar-refractivity contribution in [1.82, 2.24) is 9.21 Å². The van der Waals surface area contributed by atoms with Crippen molar-refractivity contribution >= 4 is 21.7 Å². The molecule has 24 heavy (non-hydrogen) atoms. The number of likely N-dealkylation sites (tertiary alicyclic amines) is 1. The third-order valence-corrected chi connectivity index (χ3v) is 6.63. The third-order valence-electron chi connectivity index (χ3n) is 4.75. The van der Waals surface area contributed by atoms with Gasteiger partial charge in [0, 0.05) is 39.0 Å². The van der Waals surface area contributed by atoms with Crippen LogP contribution in [-0.2, 0) is 19.6 Å². The molecule has 6 nitrogen and oxygen atoms in total. The molecule has 2 fully saturated rings. The van der Waals surface area contributed by atoms with Gasteiger partial charge in [-0.1, -0.05) is 18.2 Å². The number of nitrogens with zero attached hydrogens (tertiary/aromatic N) is 2. The summed E-state index contributed by atoms with van der Waals surface area (Å²) in [6.45, 7) is 1.58. The molecule has 0 unspecified atom stereocenters. The fourth-order valence-corrected chi connectivity index (χ4v) is 4.88. The van der Waals surface area contributed by atoms with Gasteiger partial charge in [-0.05, 0) is 25.0 Å². The first-order chi connectivity index (χ1) is 11.5. The molecule has 0 N–H and O–H groups in total. The van der Waals surface area contributed by atoms with Crippen molar-refractivity contribution in [2.24, 2.45) is 5.92 Å². The van der Waals surface area contributed by atoms with Gasteiger partial charge in [-0.2, -0.15) is 4.31 Å². The van der Waals surface area contributed by atoms with Gasteiger partial charge in [0.15, 0.2) is 0 Å². The monoisotopic (exact) mass is 350 g/mol. The van der Waals surface area contributed by atoms with Gasteiger partial charge in [0.1, 0.15) is 5.78 Å². The minimum absolute atomic E-state index is 0.0181. The van der Waals surface area contributed by atoms with E-state index in [2.05, 4.69) is 0 Å². The molecule has 7 heteroatoms. The predicted octanol–water partition coefficient (Wildman–Crippen LogP) is 1.28. The van der Waals surface area contributed by atoms with Crippen LogP contribution >= 0.6 is 0 Å². The topological polar surface area (TPSA) is 74.8 Å². The molecule has 0 spiro atoms. The van der Waals surface area contributed by atoms with Crippen molar-refractivity contribution in [2.45, 2.75) is 30.6 Å². The van der Waals surface area contributed by atoms with Crippen molar-refractivity contribution in [1.29, 1.82) is 0 Å². The molecule has 0 bridgehead atoms. The van der Waals surface area contributed by atoms with Gasteiger partial charge in [-0.15, -0.1) is 0 Å². The van der Waals surface area contributed by atoms with Crippen LogP contribution in [0.1, 0.15) is 25.7 Å². The van der Waals surface area contributed by atoms with E-state index < -0.39 is 10.0 Å². The van der Waals surface area contributed by atoms with E-state index in [-0.39, 0.29) is 29.0 Å². The van der Waals surface area contributed by atoms with Crippen LogP contribution in [0.15, 0.2) is 35.2 Å². The second kappa shape index (κ2) is 7.03. The van der Waals surface area contributed by atoms with Crippen molar-refractivity contribution in [3.63, 3.8) is 0 Å². The van der Waals surface area contributed by atoms with Crippen molar-refractivity contribution in [2.75, 3.05) is 26.2 Å². The lowest BCUT2D eigenvalue weighted by molar-refractivity contribution is -0.139. The normalized spacial score (nSPS) is 23.2. The standard InChI is InChI=1S/C17H22N2O4S/c20-15-8-11-18(12-9-15)17(21)14-5-4-10-19(13-14)24(22,23)16-6-2-1-3-7-16/h1-3,6-7,14H,4-5,8-13H2/t14-/m0/s1. The highest BCUT2D eigenvalue weighted by atomic mass is 32.2. The SMILES string of the molecule is O=C1CCN(C(=O)[C@H]2CCCN(S(=O)(=O)c3ccccc3)C2)CC1. The number of hydrogen-bond donors (Lipinski definition) is 0. The quantitative estimate of drug-likeness (QED) is 0.823. The summed E-state index contributed by atoms with van der Waals surface area (Å²) in [6.07, 6.45) is 2.19. The molecule has 2 heterocycles. The Labute approximate surface area is 142 Å². The van der Waals surface area contributed by atoms with Crippen molar-refractivity contribution in [3.8, 4) is 0 Å². The average Bonchev–Trinajstić information content (AvgIpc) is 2.62. The van der Waals surface area contributed by atoms with E-state index in [0.29, 0.717) is 45.3 Å². The molecular formula is C17H22N2O4S. The van der Waals surface area contributed by atoms with Gasteiger partial charge < -0.3 is 4.90 Å². The molecule has 1 aromatic rings. The van der Waals surface area contributed by atoms with Crippen LogP contribution in [0, 0.1) is 5.92 Å². The summed E-state index contributed by atoms with van der Waals surface area (Å²) >= 11 is 0. The largest absolute Gasteiger partial charge is 0.342 e. The van der Waals surface area contributed by atoms with Crippen molar-refractivity contribution in [3.05, 3.63) is 30.3 Å². The number of sulfonamides is 1. The first-order valence-corrected chi connectivity index (χ1v) is 9.78. The molecule has 0 radical (unpaired) electrons. The Morgan fingerprint density at radius 2 is 1.71 bits per heavy atom. The molecule has 0 aromatic heterocycles. The van der Waals surface area contributed by atoms with E-state index >= 15 is 0 Å². The zero-order chi connectivity index (χ0) is 17.2. The number of carbonyl (C=O) groups is 2. The van der Waals surface area contributed by atoms with Crippen LogP contribution in [0.3, 0.4) is 0 Å². The number of benzene rings is 1. The van der Waals surface area contributed by atoms with E-state index in [9.17, 15) is 18.0 Å². The second-order valence-electron chi connectivity index (χ2n) is 6.38. The van der Waals surface area contributed by atoms with E-state index in [1.54, 1.807) is 35.2 Å². The van der Waals surface area contributed by atoms with Crippen LogP contribution in [0.25, 0.3) is 0 Å². The van der Waals surface area contributed by atoms with E-state index in [1.165, 1.54) is 4.31 Å². The van der Waals surface area contributed by atoms with Gasteiger partial charge >= 0.3 is 0 Å². The predicted molar refractivity (Wildman–Crippen MR) is 88.7 cm³/mol. The first kappa shape index (κ1) is 17.1. The van der Waals surface area contributed by atoms with E-state index in [1.807, 2.05) is 0 Å². The lowest BCUT2D eigenvalue weighted by atomic mass is 9.97. The maximum absolute atomic E-state index is 12.7. The highest BCUT2D eigenvalue weighted by Gasteiger charge is 2.35. The molecule has 1 aromatic carbocycles. The third kappa shape index (κ3) is 3.52. The van der Waals surface area contributed by atoms with Crippen LogP contribution in [0.5, 0.6) is 0 Å². The van der Waals surface area contributed by atoms with Gasteiger partial charge in [0.2, 0.25) is 15.9 Å². The minimum Gasteiger partial charge on any atom is -0.342 e. The zero-order valence-electron chi connectivity index (χ0n) is 13.6. The van der Waals surface area contributed by atoms with Gasteiger partial charge in [-0.25, -0.2) is 8.42 Å². The summed E-state index contributed by atoms with van der Waals surface area (Å²) in [7, 11) is -3.56. The van der Waals surface area contributed by atoms with Crippen LogP contribution in [0.4, 0.5) is 0 Å². The lowest BCUT2D eigenvalue weighted by Crippen LogP contribution is -2.48. The summed E-state index contributed by atoms with van der Waals surface area (Å²) in [4.78, 5) is 26.0. The number of rotatable bonds is 3. The summed E-state index contributed by atoms with van der Waals surface area (Å²) in [5.74, 6) is -0.142. The van der Waals surface area contributed by atoms with Crippen LogP contribution in [0.2, 0.25) is 0 Å². The number of piperidine rings is 2.